The first-order chi connectivity index (χ1) is 44.8. The zero-order valence-corrected chi connectivity index (χ0v) is 60.2. The molecule has 4 saturated carbocycles. The van der Waals surface area contributed by atoms with Gasteiger partial charge < -0.3 is 0 Å². The molecule has 4 aliphatic rings. The highest BCUT2D eigenvalue weighted by atomic mass is 19.2. The Labute approximate surface area is 596 Å². The van der Waals surface area contributed by atoms with E-state index in [9.17, 15) is 43.9 Å². The van der Waals surface area contributed by atoms with Gasteiger partial charge in [0, 0.05) is 11.1 Å². The minimum Gasteiger partial charge on any atom is -0.207 e. The molecule has 7 aromatic carbocycles. The predicted octanol–water partition coefficient (Wildman–Crippen LogP) is 29.5. The third-order valence-electron chi connectivity index (χ3n) is 19.8. The molecule has 0 heterocycles. The zero-order valence-electron chi connectivity index (χ0n) is 60.2. The van der Waals surface area contributed by atoms with Crippen LogP contribution in [0.3, 0.4) is 0 Å². The van der Waals surface area contributed by atoms with Gasteiger partial charge in [-0.2, -0.15) is 0 Å². The molecule has 10 heteroatoms. The van der Waals surface area contributed by atoms with Crippen molar-refractivity contribution in [3.63, 3.8) is 0 Å². The number of benzene rings is 7. The van der Waals surface area contributed by atoms with E-state index in [1.54, 1.807) is 148 Å². The number of hydrogen-bond donors (Lipinski definition) is 0. The summed E-state index contributed by atoms with van der Waals surface area (Å²) in [5.41, 5.74) is 8.82. The number of aryl methyl sites for hydroxylation is 12. The largest absolute Gasteiger partial charge is 0.207 e. The second-order valence-electron chi connectivity index (χ2n) is 28.8. The Morgan fingerprint density at radius 3 is 0.636 bits per heavy atom. The van der Waals surface area contributed by atoms with Gasteiger partial charge in [0.05, 0.1) is 0 Å². The maximum Gasteiger partial charge on any atom is 0.161 e. The summed E-state index contributed by atoms with van der Waals surface area (Å²) in [5.74, 6) is 4.31. The van der Waals surface area contributed by atoms with Gasteiger partial charge in [-0.3, -0.25) is 0 Å². The Kier molecular flexibility index (Phi) is 44.2. The van der Waals surface area contributed by atoms with Crippen LogP contribution in [-0.4, -0.2) is 0 Å². The van der Waals surface area contributed by atoms with Crippen molar-refractivity contribution in [3.05, 3.63) is 245 Å². The summed E-state index contributed by atoms with van der Waals surface area (Å²) in [6.45, 7) is 28.7. The lowest BCUT2D eigenvalue weighted by Gasteiger charge is -2.37. The van der Waals surface area contributed by atoms with Crippen LogP contribution in [0.4, 0.5) is 43.9 Å². The third-order valence-corrected chi connectivity index (χ3v) is 19.8. The normalized spacial score (nSPS) is 19.6. The topological polar surface area (TPSA) is 0 Å². The minimum absolute atomic E-state index is 0. The van der Waals surface area contributed by atoms with E-state index in [1.807, 2.05) is 26.0 Å². The van der Waals surface area contributed by atoms with Crippen LogP contribution < -0.4 is 0 Å². The summed E-state index contributed by atoms with van der Waals surface area (Å²) in [6.07, 6.45) is 29.6. The molecule has 0 bridgehead atoms. The van der Waals surface area contributed by atoms with E-state index in [0.717, 1.165) is 58.5 Å². The number of rotatable bonds is 6. The molecule has 99 heavy (non-hydrogen) atoms. The molecule has 554 valence electrons. The average molecular weight is 1390 g/mol. The Hall–Kier alpha value is -6.16. The highest BCUT2D eigenvalue weighted by Crippen LogP contribution is 2.44. The molecular weight excluding hydrogens is 1260 g/mol. The lowest BCUT2D eigenvalue weighted by atomic mass is 9.69. The molecule has 0 amide bonds. The van der Waals surface area contributed by atoms with Crippen molar-refractivity contribution < 1.29 is 43.9 Å². The fourth-order valence-corrected chi connectivity index (χ4v) is 13.0. The fourth-order valence-electron chi connectivity index (χ4n) is 13.0. The molecule has 4 aliphatic carbocycles. The predicted molar refractivity (Wildman–Crippen MR) is 405 cm³/mol. The van der Waals surface area contributed by atoms with E-state index in [-0.39, 0.29) is 64.1 Å². The van der Waals surface area contributed by atoms with Gasteiger partial charge in [0.25, 0.3) is 0 Å². The van der Waals surface area contributed by atoms with Crippen LogP contribution >= 0.6 is 0 Å². The van der Waals surface area contributed by atoms with Crippen LogP contribution in [0.25, 0.3) is 0 Å². The van der Waals surface area contributed by atoms with E-state index in [1.165, 1.54) is 127 Å². The van der Waals surface area contributed by atoms with Crippen molar-refractivity contribution in [2.24, 2.45) is 47.3 Å². The standard InChI is InChI=1S/C29H52.4C8H8F2.2C8H9F.C8H10.4CH4/c1-22-3-7-24(8-4-22)19-26-11-15-28(16-12-26)21-29-17-13-27(14-18-29)20-25-9-5-23(2)6-10-25;1-5-3-8(10)6(2)4-7(5)9;2*1-5-3-7(9)6(2)8(10)4-5;1-5-3-4-6(2)8(10)7(5)9;2*1-6-3-4-7(2)8(9)5-6;1-7-3-5-8(2)6-4-7;;;;/h22-29H,3-21H2,1-2H3;4*3-4H,1-2H3;2*3-5H,1-2H3;3-6H,1-2H3;4*1H4. The molecule has 0 nitrogen and oxygen atoms in total. The molecule has 11 rings (SSSR count). The van der Waals surface area contributed by atoms with Crippen LogP contribution in [0.2, 0.25) is 0 Å². The molecular formula is C89H128F10. The van der Waals surface area contributed by atoms with Crippen molar-refractivity contribution in [1.82, 2.24) is 0 Å². The highest BCUT2D eigenvalue weighted by Gasteiger charge is 2.30. The lowest BCUT2D eigenvalue weighted by Crippen LogP contribution is -2.24. The smallest absolute Gasteiger partial charge is 0.161 e. The van der Waals surface area contributed by atoms with Crippen LogP contribution in [0.5, 0.6) is 0 Å². The van der Waals surface area contributed by atoms with E-state index in [0.29, 0.717) is 44.5 Å². The van der Waals surface area contributed by atoms with Crippen molar-refractivity contribution in [2.75, 3.05) is 0 Å². The van der Waals surface area contributed by atoms with Crippen molar-refractivity contribution in [2.45, 2.75) is 262 Å². The zero-order chi connectivity index (χ0) is 70.6. The summed E-state index contributed by atoms with van der Waals surface area (Å²) in [6, 6.07) is 29.7. The second kappa shape index (κ2) is 47.1. The van der Waals surface area contributed by atoms with Gasteiger partial charge in [-0.05, 0) is 268 Å². The van der Waals surface area contributed by atoms with Gasteiger partial charge in [0.1, 0.15) is 46.5 Å². The Morgan fingerprint density at radius 2 is 0.414 bits per heavy atom. The quantitative estimate of drug-likeness (QED) is 0.146. The Bertz CT molecular complexity index is 3100. The van der Waals surface area contributed by atoms with Gasteiger partial charge in [0.15, 0.2) is 11.6 Å². The van der Waals surface area contributed by atoms with Gasteiger partial charge in [-0.25, -0.2) is 43.9 Å². The van der Waals surface area contributed by atoms with E-state index in [2.05, 4.69) is 52.0 Å². The minimum atomic E-state index is -0.736. The maximum absolute atomic E-state index is 12.6. The number of halogens is 10. The molecule has 0 atom stereocenters. The highest BCUT2D eigenvalue weighted by molar-refractivity contribution is 5.28. The monoisotopic (exact) mass is 1390 g/mol. The maximum atomic E-state index is 12.6. The van der Waals surface area contributed by atoms with Crippen LogP contribution in [0.15, 0.2) is 109 Å². The summed E-state index contributed by atoms with van der Waals surface area (Å²) in [4.78, 5) is 0. The van der Waals surface area contributed by atoms with Crippen LogP contribution in [0, 0.1) is 202 Å². The SMILES string of the molecule is C.C.C.C.CC1CCC(CC2CCC(CC3CCC(CC4CCC(C)CC4)CC3)CC2)CC1.Cc1cc(F)c(C)c(F)c1.Cc1cc(F)c(C)c(F)c1.Cc1cc(F)c(C)cc1F.Cc1ccc(C)c(F)c1.Cc1ccc(C)c(F)c1.Cc1ccc(C)c(F)c1F.Cc1ccc(C)cc1. The van der Waals surface area contributed by atoms with E-state index < -0.39 is 34.9 Å². The van der Waals surface area contributed by atoms with Crippen LogP contribution in [-0.2, 0) is 0 Å². The van der Waals surface area contributed by atoms with Crippen LogP contribution in [0.1, 0.15) is 243 Å². The Balaban J connectivity index is 0.00000117. The fraction of sp³-hybridized carbons (Fsp3) is 0.528. The number of hydrogen-bond acceptors (Lipinski definition) is 0. The summed E-state index contributed by atoms with van der Waals surface area (Å²) >= 11 is 0. The van der Waals surface area contributed by atoms with Gasteiger partial charge in [0.2, 0.25) is 0 Å². The molecule has 0 N–H and O–H groups in total. The molecule has 0 aliphatic heterocycles. The molecule has 7 aromatic rings. The summed E-state index contributed by atoms with van der Waals surface area (Å²) < 4.78 is 126. The van der Waals surface area contributed by atoms with Crippen molar-refractivity contribution in [3.8, 4) is 0 Å². The first-order valence-corrected chi connectivity index (χ1v) is 34.9. The van der Waals surface area contributed by atoms with E-state index >= 15 is 0 Å². The van der Waals surface area contributed by atoms with Gasteiger partial charge >= 0.3 is 0 Å². The van der Waals surface area contributed by atoms with Crippen molar-refractivity contribution >= 4 is 0 Å². The molecule has 0 spiro atoms. The molecule has 4 fully saturated rings. The van der Waals surface area contributed by atoms with Gasteiger partial charge in [-0.15, -0.1) is 0 Å². The summed E-state index contributed by atoms with van der Waals surface area (Å²) in [5, 5.41) is 0. The first-order valence-electron chi connectivity index (χ1n) is 34.9. The first kappa shape index (κ1) is 92.8. The average Bonchev–Trinajstić information content (AvgIpc) is 0.917. The third kappa shape index (κ3) is 34.4. The second-order valence-corrected chi connectivity index (χ2v) is 28.8. The molecule has 0 aromatic heterocycles. The molecule has 0 unspecified atom stereocenters. The van der Waals surface area contributed by atoms with E-state index in [4.69, 9.17) is 0 Å². The molecule has 0 radical (unpaired) electrons. The van der Waals surface area contributed by atoms with Crippen molar-refractivity contribution in [1.29, 1.82) is 0 Å². The van der Waals surface area contributed by atoms with Gasteiger partial charge in [-0.1, -0.05) is 218 Å². The summed E-state index contributed by atoms with van der Waals surface area (Å²) in [7, 11) is 0. The Morgan fingerprint density at radius 1 is 0.222 bits per heavy atom. The molecule has 0 saturated heterocycles. The lowest BCUT2D eigenvalue weighted by molar-refractivity contribution is 0.154.